The number of hydrogen-bond acceptors (Lipinski definition) is 4. The van der Waals surface area contributed by atoms with Gasteiger partial charge in [-0.2, -0.15) is 5.26 Å². The average Bonchev–Trinajstić information content (AvgIpc) is 2.91. The number of nitriles is 1. The van der Waals surface area contributed by atoms with Crippen molar-refractivity contribution in [1.82, 2.24) is 9.47 Å². The van der Waals surface area contributed by atoms with Crippen LogP contribution in [0.3, 0.4) is 0 Å². The van der Waals surface area contributed by atoms with Crippen LogP contribution in [-0.2, 0) is 13.6 Å². The first kappa shape index (κ1) is 17.4. The summed E-state index contributed by atoms with van der Waals surface area (Å²) in [5.41, 5.74) is 4.32. The molecule has 25 heavy (non-hydrogen) atoms. The van der Waals surface area contributed by atoms with E-state index in [0.29, 0.717) is 6.04 Å². The van der Waals surface area contributed by atoms with Gasteiger partial charge in [-0.25, -0.2) is 0 Å². The SMILES string of the molecule is COc1ccccc1N1CCN(Cc2cc(C#N)n(C)c2C)C(C)C1. The van der Waals surface area contributed by atoms with Gasteiger partial charge in [-0.05, 0) is 37.6 Å². The number of aromatic nitrogens is 1. The molecule has 0 amide bonds. The summed E-state index contributed by atoms with van der Waals surface area (Å²) in [7, 11) is 3.68. The van der Waals surface area contributed by atoms with Crippen LogP contribution in [0.2, 0.25) is 0 Å². The lowest BCUT2D eigenvalue weighted by molar-refractivity contribution is 0.180. The molecule has 3 rings (SSSR count). The Kier molecular flexibility index (Phi) is 5.00. The molecule has 0 bridgehead atoms. The van der Waals surface area contributed by atoms with Gasteiger partial charge in [-0.15, -0.1) is 0 Å². The minimum absolute atomic E-state index is 0.434. The van der Waals surface area contributed by atoms with Crippen molar-refractivity contribution in [2.75, 3.05) is 31.6 Å². The van der Waals surface area contributed by atoms with E-state index < -0.39 is 0 Å². The van der Waals surface area contributed by atoms with E-state index in [1.54, 1.807) is 7.11 Å². The summed E-state index contributed by atoms with van der Waals surface area (Å²) in [6.07, 6.45) is 0. The first-order chi connectivity index (χ1) is 12.0. The minimum Gasteiger partial charge on any atom is -0.495 e. The third kappa shape index (κ3) is 3.35. The average molecular weight is 338 g/mol. The fraction of sp³-hybridized carbons (Fsp3) is 0.450. The lowest BCUT2D eigenvalue weighted by Gasteiger charge is -2.41. The lowest BCUT2D eigenvalue weighted by Crippen LogP contribution is -2.51. The molecule has 1 saturated heterocycles. The molecule has 0 N–H and O–H groups in total. The molecule has 5 heteroatoms. The minimum atomic E-state index is 0.434. The van der Waals surface area contributed by atoms with Gasteiger partial charge in [0.05, 0.1) is 12.8 Å². The molecule has 0 aliphatic carbocycles. The van der Waals surface area contributed by atoms with Gasteiger partial charge in [0.2, 0.25) is 0 Å². The molecule has 1 aliphatic heterocycles. The van der Waals surface area contributed by atoms with Gasteiger partial charge in [-0.3, -0.25) is 4.90 Å². The summed E-state index contributed by atoms with van der Waals surface area (Å²) in [6.45, 7) is 8.19. The van der Waals surface area contributed by atoms with Crippen LogP contribution in [0.25, 0.3) is 0 Å². The Morgan fingerprint density at radius 1 is 1.28 bits per heavy atom. The maximum absolute atomic E-state index is 9.22. The van der Waals surface area contributed by atoms with Crippen molar-refractivity contribution in [1.29, 1.82) is 5.26 Å². The second kappa shape index (κ2) is 7.20. The van der Waals surface area contributed by atoms with E-state index in [2.05, 4.69) is 41.8 Å². The number of ether oxygens (including phenoxy) is 1. The number of piperazine rings is 1. The highest BCUT2D eigenvalue weighted by Crippen LogP contribution is 2.30. The van der Waals surface area contributed by atoms with Crippen LogP contribution in [-0.4, -0.2) is 42.3 Å². The molecule has 0 saturated carbocycles. The van der Waals surface area contributed by atoms with Gasteiger partial charge in [0.25, 0.3) is 0 Å². The Hall–Kier alpha value is -2.45. The van der Waals surface area contributed by atoms with E-state index in [1.807, 2.05) is 29.8 Å². The number of methoxy groups -OCH3 is 1. The van der Waals surface area contributed by atoms with Crippen molar-refractivity contribution < 1.29 is 4.74 Å². The first-order valence-electron chi connectivity index (χ1n) is 8.72. The Bertz CT molecular complexity index is 789. The van der Waals surface area contributed by atoms with E-state index in [9.17, 15) is 5.26 Å². The van der Waals surface area contributed by atoms with Gasteiger partial charge in [-0.1, -0.05) is 12.1 Å². The largest absolute Gasteiger partial charge is 0.495 e. The molecule has 1 unspecified atom stereocenters. The molecule has 1 aliphatic rings. The standard InChI is InChI=1S/C20H26N4O/c1-15-13-24(19-7-5-6-8-20(19)25-4)10-9-23(15)14-17-11-18(12-21)22(3)16(17)2/h5-8,11,15H,9-10,13-14H2,1-4H3. The van der Waals surface area contributed by atoms with Crippen LogP contribution >= 0.6 is 0 Å². The summed E-state index contributed by atoms with van der Waals surface area (Å²) in [4.78, 5) is 4.90. The number of nitrogens with zero attached hydrogens (tertiary/aromatic N) is 4. The van der Waals surface area contributed by atoms with Crippen molar-refractivity contribution in [2.24, 2.45) is 7.05 Å². The summed E-state index contributed by atoms with van der Waals surface area (Å²) in [5, 5.41) is 9.22. The maximum atomic E-state index is 9.22. The molecule has 1 atom stereocenters. The highest BCUT2D eigenvalue weighted by atomic mass is 16.5. The summed E-state index contributed by atoms with van der Waals surface area (Å²) in [5.74, 6) is 0.931. The summed E-state index contributed by atoms with van der Waals surface area (Å²) >= 11 is 0. The van der Waals surface area contributed by atoms with E-state index in [1.165, 1.54) is 16.9 Å². The second-order valence-electron chi connectivity index (χ2n) is 6.75. The molecule has 1 aromatic carbocycles. The van der Waals surface area contributed by atoms with E-state index in [0.717, 1.165) is 37.6 Å². The number of rotatable bonds is 4. The number of benzene rings is 1. The highest BCUT2D eigenvalue weighted by molar-refractivity contribution is 5.58. The van der Waals surface area contributed by atoms with Crippen molar-refractivity contribution in [2.45, 2.75) is 26.4 Å². The normalized spacial score (nSPS) is 18.2. The van der Waals surface area contributed by atoms with Crippen LogP contribution in [0.4, 0.5) is 5.69 Å². The predicted octanol–water partition coefficient (Wildman–Crippen LogP) is 2.92. The number of anilines is 1. The van der Waals surface area contributed by atoms with E-state index in [-0.39, 0.29) is 0 Å². The summed E-state index contributed by atoms with van der Waals surface area (Å²) in [6, 6.07) is 12.9. The monoisotopic (exact) mass is 338 g/mol. The van der Waals surface area contributed by atoms with Crippen molar-refractivity contribution in [3.05, 3.63) is 47.3 Å². The van der Waals surface area contributed by atoms with Crippen LogP contribution < -0.4 is 9.64 Å². The zero-order valence-electron chi connectivity index (χ0n) is 15.5. The van der Waals surface area contributed by atoms with Crippen LogP contribution in [0.1, 0.15) is 23.9 Å². The zero-order chi connectivity index (χ0) is 18.0. The molecular weight excluding hydrogens is 312 g/mol. The quantitative estimate of drug-likeness (QED) is 0.860. The topological polar surface area (TPSA) is 44.4 Å². The lowest BCUT2D eigenvalue weighted by atomic mass is 10.1. The van der Waals surface area contributed by atoms with Gasteiger partial charge < -0.3 is 14.2 Å². The highest BCUT2D eigenvalue weighted by Gasteiger charge is 2.26. The molecule has 0 spiro atoms. The molecular formula is C20H26N4O. The van der Waals surface area contributed by atoms with Crippen LogP contribution in [0, 0.1) is 18.3 Å². The fourth-order valence-corrected chi connectivity index (χ4v) is 3.59. The molecule has 1 fully saturated rings. The zero-order valence-corrected chi connectivity index (χ0v) is 15.5. The van der Waals surface area contributed by atoms with Crippen LogP contribution in [0.15, 0.2) is 30.3 Å². The maximum Gasteiger partial charge on any atom is 0.142 e. The molecule has 5 nitrogen and oxygen atoms in total. The van der Waals surface area contributed by atoms with Crippen molar-refractivity contribution in [3.8, 4) is 11.8 Å². The molecule has 0 radical (unpaired) electrons. The smallest absolute Gasteiger partial charge is 0.142 e. The predicted molar refractivity (Wildman–Crippen MR) is 99.9 cm³/mol. The van der Waals surface area contributed by atoms with E-state index in [4.69, 9.17) is 4.74 Å². The Morgan fingerprint density at radius 2 is 2.04 bits per heavy atom. The fourth-order valence-electron chi connectivity index (χ4n) is 3.59. The Balaban J connectivity index is 1.71. The molecule has 2 aromatic rings. The molecule has 2 heterocycles. The van der Waals surface area contributed by atoms with E-state index >= 15 is 0 Å². The van der Waals surface area contributed by atoms with Gasteiger partial charge in [0.1, 0.15) is 17.5 Å². The molecule has 132 valence electrons. The van der Waals surface area contributed by atoms with Gasteiger partial charge in [0.15, 0.2) is 0 Å². The molecule has 1 aromatic heterocycles. The van der Waals surface area contributed by atoms with Crippen LogP contribution in [0.5, 0.6) is 5.75 Å². The second-order valence-corrected chi connectivity index (χ2v) is 6.75. The van der Waals surface area contributed by atoms with Crippen molar-refractivity contribution >= 4 is 5.69 Å². The third-order valence-corrected chi connectivity index (χ3v) is 5.32. The summed E-state index contributed by atoms with van der Waals surface area (Å²) < 4.78 is 7.49. The Morgan fingerprint density at radius 3 is 2.68 bits per heavy atom. The Labute approximate surface area is 150 Å². The van der Waals surface area contributed by atoms with Crippen molar-refractivity contribution in [3.63, 3.8) is 0 Å². The third-order valence-electron chi connectivity index (χ3n) is 5.32. The first-order valence-corrected chi connectivity index (χ1v) is 8.72. The van der Waals surface area contributed by atoms with Gasteiger partial charge >= 0.3 is 0 Å². The van der Waals surface area contributed by atoms with Gasteiger partial charge in [0, 0.05) is 45.0 Å². The number of hydrogen-bond donors (Lipinski definition) is 0. The number of para-hydroxylation sites is 2.